The molecule has 4 N–H and O–H groups in total. The number of amides is 1. The fourth-order valence-corrected chi connectivity index (χ4v) is 2.76. The van der Waals surface area contributed by atoms with E-state index in [0.29, 0.717) is 18.5 Å². The normalized spacial score (nSPS) is 26.1. The minimum atomic E-state index is -1.02. The molecule has 1 aliphatic rings. The molecule has 1 heterocycles. The summed E-state index contributed by atoms with van der Waals surface area (Å²) in [6.07, 6.45) is 1.62. The highest BCUT2D eigenvalue weighted by atomic mass is 16.7. The van der Waals surface area contributed by atoms with Crippen LogP contribution in [0.3, 0.4) is 0 Å². The zero-order valence-electron chi connectivity index (χ0n) is 15.9. The van der Waals surface area contributed by atoms with Gasteiger partial charge < -0.3 is 30.1 Å². The highest BCUT2D eigenvalue weighted by Gasteiger charge is 2.35. The molecule has 8 nitrogen and oxygen atoms in total. The number of nitrogens with one attached hydrogen (secondary N) is 1. The van der Waals surface area contributed by atoms with Crippen molar-refractivity contribution in [1.29, 1.82) is 0 Å². The van der Waals surface area contributed by atoms with Gasteiger partial charge in [0, 0.05) is 12.1 Å². The van der Waals surface area contributed by atoms with E-state index in [1.807, 2.05) is 6.92 Å². The maximum Gasteiger partial charge on any atom is 0.335 e. The minimum Gasteiger partial charge on any atom is -0.478 e. The van der Waals surface area contributed by atoms with Crippen molar-refractivity contribution in [3.8, 4) is 0 Å². The van der Waals surface area contributed by atoms with Crippen LogP contribution in [0, 0.1) is 0 Å². The first-order valence-electron chi connectivity index (χ1n) is 9.24. The van der Waals surface area contributed by atoms with Gasteiger partial charge in [-0.3, -0.25) is 4.79 Å². The lowest BCUT2D eigenvalue weighted by Gasteiger charge is -2.36. The molecule has 8 heteroatoms. The summed E-state index contributed by atoms with van der Waals surface area (Å²) in [7, 11) is 0. The van der Waals surface area contributed by atoms with E-state index < -0.39 is 30.6 Å². The third kappa shape index (κ3) is 6.72. The van der Waals surface area contributed by atoms with Crippen molar-refractivity contribution in [3.63, 3.8) is 0 Å². The highest BCUT2D eigenvalue weighted by Crippen LogP contribution is 2.22. The standard InChI is InChI=1S/C20H27NO7/c1-12(27-20-17(23)11-16(22)13(2)28-20)5-3-4-6-18(24)21-15-9-7-14(8-10-15)19(25)26/h4,6-10,12-13,16-17,20,22-23H,3,5,11H2,1-2H3,(H,21,24)(H,25,26)/b6-4+/t12-,13?,16-,17?,20-/m1/s1. The summed E-state index contributed by atoms with van der Waals surface area (Å²) in [5.41, 5.74) is 0.662. The van der Waals surface area contributed by atoms with Crippen molar-refractivity contribution in [3.05, 3.63) is 42.0 Å². The molecule has 1 saturated heterocycles. The van der Waals surface area contributed by atoms with Crippen LogP contribution in [0.4, 0.5) is 5.69 Å². The number of aliphatic hydroxyl groups is 2. The smallest absolute Gasteiger partial charge is 0.335 e. The number of rotatable bonds is 8. The Morgan fingerprint density at radius 2 is 1.96 bits per heavy atom. The van der Waals surface area contributed by atoms with E-state index in [1.54, 1.807) is 13.0 Å². The van der Waals surface area contributed by atoms with Crippen molar-refractivity contribution in [2.24, 2.45) is 0 Å². The first-order chi connectivity index (χ1) is 13.3. The molecular formula is C20H27NO7. The van der Waals surface area contributed by atoms with Crippen LogP contribution < -0.4 is 5.32 Å². The molecule has 0 spiro atoms. The van der Waals surface area contributed by atoms with Crippen LogP contribution in [-0.4, -0.2) is 57.9 Å². The number of hydrogen-bond acceptors (Lipinski definition) is 6. The topological polar surface area (TPSA) is 125 Å². The molecule has 2 rings (SSSR count). The molecular weight excluding hydrogens is 366 g/mol. The molecule has 2 unspecified atom stereocenters. The molecule has 0 radical (unpaired) electrons. The molecule has 28 heavy (non-hydrogen) atoms. The molecule has 5 atom stereocenters. The summed E-state index contributed by atoms with van der Waals surface area (Å²) < 4.78 is 11.2. The predicted molar refractivity (Wildman–Crippen MR) is 102 cm³/mol. The quantitative estimate of drug-likeness (QED) is 0.497. The Bertz CT molecular complexity index is 688. The lowest BCUT2D eigenvalue weighted by Crippen LogP contribution is -2.48. The van der Waals surface area contributed by atoms with Crippen molar-refractivity contribution >= 4 is 17.6 Å². The number of carboxylic acids is 1. The van der Waals surface area contributed by atoms with Gasteiger partial charge in [0.2, 0.25) is 5.91 Å². The molecule has 1 aromatic carbocycles. The predicted octanol–water partition coefficient (Wildman–Crippen LogP) is 1.92. The molecule has 1 aromatic rings. The average Bonchev–Trinajstić information content (AvgIpc) is 2.63. The van der Waals surface area contributed by atoms with Crippen LogP contribution in [0.2, 0.25) is 0 Å². The Kier molecular flexibility index (Phi) is 8.13. The fourth-order valence-electron chi connectivity index (χ4n) is 2.76. The van der Waals surface area contributed by atoms with Gasteiger partial charge in [-0.1, -0.05) is 6.08 Å². The zero-order chi connectivity index (χ0) is 20.7. The van der Waals surface area contributed by atoms with Gasteiger partial charge in [0.1, 0.15) is 6.10 Å². The van der Waals surface area contributed by atoms with Gasteiger partial charge in [0.25, 0.3) is 0 Å². The SMILES string of the molecule is CC1O[C@@H](O[C@H](C)CC/C=C/C(=O)Nc2ccc(C(=O)O)cc2)C(O)C[C@H]1O. The van der Waals surface area contributed by atoms with E-state index in [4.69, 9.17) is 14.6 Å². The molecule has 0 saturated carbocycles. The van der Waals surface area contributed by atoms with Gasteiger partial charge in [0.15, 0.2) is 6.29 Å². The molecule has 1 aliphatic heterocycles. The van der Waals surface area contributed by atoms with Gasteiger partial charge in [-0.05, 0) is 57.0 Å². The number of carbonyl (C=O) groups is 2. The van der Waals surface area contributed by atoms with Gasteiger partial charge >= 0.3 is 5.97 Å². The van der Waals surface area contributed by atoms with Gasteiger partial charge in [0.05, 0.1) is 23.9 Å². The Morgan fingerprint density at radius 1 is 1.29 bits per heavy atom. The lowest BCUT2D eigenvalue weighted by molar-refractivity contribution is -0.273. The largest absolute Gasteiger partial charge is 0.478 e. The maximum atomic E-state index is 11.9. The van der Waals surface area contributed by atoms with E-state index in [-0.39, 0.29) is 24.0 Å². The number of carboxylic acid groups (broad SMARTS) is 1. The van der Waals surface area contributed by atoms with E-state index in [2.05, 4.69) is 5.32 Å². The number of carbonyl (C=O) groups excluding carboxylic acids is 1. The lowest BCUT2D eigenvalue weighted by atomic mass is 10.0. The van der Waals surface area contributed by atoms with E-state index in [9.17, 15) is 19.8 Å². The summed E-state index contributed by atoms with van der Waals surface area (Å²) >= 11 is 0. The van der Waals surface area contributed by atoms with Crippen LogP contribution in [-0.2, 0) is 14.3 Å². The number of aliphatic hydroxyl groups excluding tert-OH is 2. The maximum absolute atomic E-state index is 11.9. The highest BCUT2D eigenvalue weighted by molar-refractivity contribution is 5.99. The number of ether oxygens (including phenoxy) is 2. The van der Waals surface area contributed by atoms with Gasteiger partial charge in [-0.2, -0.15) is 0 Å². The number of allylic oxidation sites excluding steroid dienone is 1. The van der Waals surface area contributed by atoms with Crippen LogP contribution in [0.5, 0.6) is 0 Å². The number of benzene rings is 1. The first kappa shape index (κ1) is 22.0. The second-order valence-corrected chi connectivity index (χ2v) is 6.88. The van der Waals surface area contributed by atoms with Crippen LogP contribution >= 0.6 is 0 Å². The van der Waals surface area contributed by atoms with Crippen molar-refractivity contribution in [1.82, 2.24) is 0 Å². The molecule has 1 fully saturated rings. The molecule has 0 aliphatic carbocycles. The summed E-state index contributed by atoms with van der Waals surface area (Å²) in [6, 6.07) is 5.89. The molecule has 1 amide bonds. The molecule has 154 valence electrons. The van der Waals surface area contributed by atoms with Crippen molar-refractivity contribution in [2.45, 2.75) is 63.8 Å². The third-order valence-corrected chi connectivity index (χ3v) is 4.46. The summed E-state index contributed by atoms with van der Waals surface area (Å²) in [4.78, 5) is 22.7. The second-order valence-electron chi connectivity index (χ2n) is 6.88. The average molecular weight is 393 g/mol. The molecule has 0 aromatic heterocycles. The number of hydrogen-bond donors (Lipinski definition) is 4. The summed E-state index contributed by atoms with van der Waals surface area (Å²) in [5.74, 6) is -1.34. The Morgan fingerprint density at radius 3 is 2.61 bits per heavy atom. The van der Waals surface area contributed by atoms with E-state index >= 15 is 0 Å². The van der Waals surface area contributed by atoms with Gasteiger partial charge in [-0.15, -0.1) is 0 Å². The zero-order valence-corrected chi connectivity index (χ0v) is 15.9. The van der Waals surface area contributed by atoms with E-state index in [0.717, 1.165) is 0 Å². The second kappa shape index (κ2) is 10.3. The van der Waals surface area contributed by atoms with Crippen LogP contribution in [0.1, 0.15) is 43.5 Å². The van der Waals surface area contributed by atoms with Crippen molar-refractivity contribution in [2.75, 3.05) is 5.32 Å². The van der Waals surface area contributed by atoms with Gasteiger partial charge in [-0.25, -0.2) is 4.79 Å². The Labute approximate surface area is 163 Å². The summed E-state index contributed by atoms with van der Waals surface area (Å²) in [5, 5.41) is 31.1. The minimum absolute atomic E-state index is 0.151. The van der Waals surface area contributed by atoms with E-state index in [1.165, 1.54) is 30.3 Å². The van der Waals surface area contributed by atoms with Crippen LogP contribution in [0.25, 0.3) is 0 Å². The monoisotopic (exact) mass is 393 g/mol. The number of aromatic carboxylic acids is 1. The molecule has 0 bridgehead atoms. The Hall–Kier alpha value is -2.26. The van der Waals surface area contributed by atoms with Crippen LogP contribution in [0.15, 0.2) is 36.4 Å². The number of anilines is 1. The van der Waals surface area contributed by atoms with Crippen molar-refractivity contribution < 1.29 is 34.4 Å². The Balaban J connectivity index is 1.70. The first-order valence-corrected chi connectivity index (χ1v) is 9.24. The summed E-state index contributed by atoms with van der Waals surface area (Å²) in [6.45, 7) is 3.58. The third-order valence-electron chi connectivity index (χ3n) is 4.46. The fraction of sp³-hybridized carbons (Fsp3) is 0.500.